The molecule has 0 aliphatic carbocycles. The molecule has 0 radical (unpaired) electrons. The molecule has 1 atom stereocenters. The quantitative estimate of drug-likeness (QED) is 0.593. The number of hydrogen-bond donors (Lipinski definition) is 1. The number of benzene rings is 2. The first kappa shape index (κ1) is 20.2. The van der Waals surface area contributed by atoms with Crippen LogP contribution >= 0.6 is 11.6 Å². The summed E-state index contributed by atoms with van der Waals surface area (Å²) >= 11 is 6.45. The standard InChI is InChI=1S/C24H24ClN3O2/c1-4-23(29)28-13-11-24(15-28,19-6-5-7-20(25)16(19)2)27-17-8-9-18-21(14-17)26-12-10-22(18)30-3/h4-10,12,14,27H,1,11,13,15H2,2-3H3/t24-/m0/s1. The zero-order valence-corrected chi connectivity index (χ0v) is 17.9. The van der Waals surface area contributed by atoms with Gasteiger partial charge in [0.2, 0.25) is 5.91 Å². The van der Waals surface area contributed by atoms with Gasteiger partial charge in [-0.3, -0.25) is 9.78 Å². The molecule has 3 aromatic rings. The maximum atomic E-state index is 12.3. The SMILES string of the molecule is C=CC(=O)N1CC[C@@](Nc2ccc3c(OC)ccnc3c2)(c2cccc(Cl)c2C)C1. The van der Waals surface area contributed by atoms with Gasteiger partial charge in [0.1, 0.15) is 5.75 Å². The molecule has 0 bridgehead atoms. The van der Waals surface area contributed by atoms with E-state index in [0.717, 1.165) is 39.9 Å². The largest absolute Gasteiger partial charge is 0.496 e. The zero-order chi connectivity index (χ0) is 21.3. The van der Waals surface area contributed by atoms with Crippen LogP contribution in [0.2, 0.25) is 5.02 Å². The Hall–Kier alpha value is -3.05. The third kappa shape index (κ3) is 3.50. The molecule has 2 aromatic carbocycles. The summed E-state index contributed by atoms with van der Waals surface area (Å²) in [7, 11) is 1.65. The van der Waals surface area contributed by atoms with E-state index in [1.54, 1.807) is 13.3 Å². The summed E-state index contributed by atoms with van der Waals surface area (Å²) in [6, 6.07) is 13.8. The summed E-state index contributed by atoms with van der Waals surface area (Å²) in [6.07, 6.45) is 3.87. The second kappa shape index (κ2) is 8.00. The van der Waals surface area contributed by atoms with Gasteiger partial charge >= 0.3 is 0 Å². The molecule has 1 aliphatic heterocycles. The van der Waals surface area contributed by atoms with Crippen LogP contribution in [0.4, 0.5) is 5.69 Å². The van der Waals surface area contributed by atoms with Crippen molar-refractivity contribution >= 4 is 34.1 Å². The lowest BCUT2D eigenvalue weighted by atomic mass is 9.85. The molecule has 1 N–H and O–H groups in total. The van der Waals surface area contributed by atoms with Crippen molar-refractivity contribution in [1.82, 2.24) is 9.88 Å². The van der Waals surface area contributed by atoms with Gasteiger partial charge in [-0.25, -0.2) is 0 Å². The van der Waals surface area contributed by atoms with E-state index in [9.17, 15) is 4.79 Å². The van der Waals surface area contributed by atoms with Gasteiger partial charge in [-0.15, -0.1) is 0 Å². The zero-order valence-electron chi connectivity index (χ0n) is 17.1. The second-order valence-electron chi connectivity index (χ2n) is 7.58. The lowest BCUT2D eigenvalue weighted by Gasteiger charge is -2.34. The number of halogens is 1. The van der Waals surface area contributed by atoms with Crippen molar-refractivity contribution in [3.8, 4) is 5.75 Å². The average Bonchev–Trinajstić information content (AvgIpc) is 3.19. The molecule has 154 valence electrons. The number of nitrogens with zero attached hydrogens (tertiary/aromatic N) is 2. The van der Waals surface area contributed by atoms with E-state index in [0.29, 0.717) is 18.1 Å². The van der Waals surface area contributed by atoms with Crippen LogP contribution in [0.15, 0.2) is 61.3 Å². The number of ether oxygens (including phenoxy) is 1. The Balaban J connectivity index is 1.78. The molecule has 1 amide bonds. The molecule has 0 unspecified atom stereocenters. The highest BCUT2D eigenvalue weighted by atomic mass is 35.5. The number of likely N-dealkylation sites (tertiary alicyclic amines) is 1. The second-order valence-corrected chi connectivity index (χ2v) is 7.99. The predicted molar refractivity (Wildman–Crippen MR) is 121 cm³/mol. The normalized spacial score (nSPS) is 18.4. The van der Waals surface area contributed by atoms with Crippen molar-refractivity contribution < 1.29 is 9.53 Å². The van der Waals surface area contributed by atoms with Crippen LogP contribution in [0.25, 0.3) is 10.9 Å². The summed E-state index contributed by atoms with van der Waals surface area (Å²) < 4.78 is 5.44. The minimum Gasteiger partial charge on any atom is -0.496 e. The number of pyridine rings is 1. The number of aromatic nitrogens is 1. The first-order valence-electron chi connectivity index (χ1n) is 9.85. The van der Waals surface area contributed by atoms with E-state index >= 15 is 0 Å². The average molecular weight is 422 g/mol. The Morgan fingerprint density at radius 2 is 2.17 bits per heavy atom. The van der Waals surface area contributed by atoms with Crippen LogP contribution < -0.4 is 10.1 Å². The minimum absolute atomic E-state index is 0.0664. The maximum Gasteiger partial charge on any atom is 0.246 e. The van der Waals surface area contributed by atoms with Gasteiger partial charge < -0.3 is 15.0 Å². The minimum atomic E-state index is -0.458. The van der Waals surface area contributed by atoms with Gasteiger partial charge in [0.05, 0.1) is 18.2 Å². The third-order valence-corrected chi connectivity index (χ3v) is 6.25. The Bertz CT molecular complexity index is 1130. The van der Waals surface area contributed by atoms with Crippen LogP contribution in [-0.4, -0.2) is 36.0 Å². The first-order chi connectivity index (χ1) is 14.5. The predicted octanol–water partition coefficient (Wildman–Crippen LogP) is 4.93. The Kier molecular flexibility index (Phi) is 5.39. The lowest BCUT2D eigenvalue weighted by molar-refractivity contribution is -0.125. The molecule has 1 fully saturated rings. The Morgan fingerprint density at radius 3 is 2.93 bits per heavy atom. The van der Waals surface area contributed by atoms with Gasteiger partial charge in [0.25, 0.3) is 0 Å². The fraction of sp³-hybridized carbons (Fsp3) is 0.250. The molecule has 5 nitrogen and oxygen atoms in total. The Labute approximate surface area is 181 Å². The van der Waals surface area contributed by atoms with Crippen LogP contribution in [0.1, 0.15) is 17.5 Å². The molecule has 4 rings (SSSR count). The van der Waals surface area contributed by atoms with Gasteiger partial charge in [-0.05, 0) is 60.9 Å². The van der Waals surface area contributed by atoms with Crippen molar-refractivity contribution in [3.05, 3.63) is 77.5 Å². The summed E-state index contributed by atoms with van der Waals surface area (Å²) in [5.74, 6) is 0.721. The van der Waals surface area contributed by atoms with E-state index < -0.39 is 5.54 Å². The van der Waals surface area contributed by atoms with E-state index in [1.807, 2.05) is 48.2 Å². The van der Waals surface area contributed by atoms with Gasteiger partial charge in [0, 0.05) is 35.4 Å². The molecule has 0 spiro atoms. The molecule has 1 saturated heterocycles. The lowest BCUT2D eigenvalue weighted by Crippen LogP contribution is -2.40. The first-order valence-corrected chi connectivity index (χ1v) is 10.2. The fourth-order valence-corrected chi connectivity index (χ4v) is 4.47. The highest BCUT2D eigenvalue weighted by Crippen LogP contribution is 2.40. The number of anilines is 1. The van der Waals surface area contributed by atoms with Crippen LogP contribution in [-0.2, 0) is 10.3 Å². The molecule has 6 heteroatoms. The number of nitrogens with one attached hydrogen (secondary N) is 1. The van der Waals surface area contributed by atoms with E-state index in [2.05, 4.69) is 22.9 Å². The van der Waals surface area contributed by atoms with Crippen molar-refractivity contribution in [1.29, 1.82) is 0 Å². The molecule has 0 saturated carbocycles. The molecule has 1 aliphatic rings. The van der Waals surface area contributed by atoms with Gasteiger partial charge in [-0.1, -0.05) is 30.3 Å². The molecule has 1 aromatic heterocycles. The monoisotopic (exact) mass is 421 g/mol. The van der Waals surface area contributed by atoms with E-state index in [1.165, 1.54) is 6.08 Å². The van der Waals surface area contributed by atoms with Gasteiger partial charge in [-0.2, -0.15) is 0 Å². The van der Waals surface area contributed by atoms with Crippen molar-refractivity contribution in [2.75, 3.05) is 25.5 Å². The van der Waals surface area contributed by atoms with Crippen LogP contribution in [0.5, 0.6) is 5.75 Å². The number of rotatable bonds is 5. The summed E-state index contributed by atoms with van der Waals surface area (Å²) in [4.78, 5) is 18.6. The topological polar surface area (TPSA) is 54.5 Å². The molecule has 2 heterocycles. The number of hydrogen-bond acceptors (Lipinski definition) is 4. The van der Waals surface area contributed by atoms with Crippen molar-refractivity contribution in [3.63, 3.8) is 0 Å². The summed E-state index contributed by atoms with van der Waals surface area (Å²) in [6.45, 7) is 6.83. The smallest absolute Gasteiger partial charge is 0.246 e. The highest BCUT2D eigenvalue weighted by Gasteiger charge is 2.42. The molecular formula is C24H24ClN3O2. The van der Waals surface area contributed by atoms with Crippen molar-refractivity contribution in [2.24, 2.45) is 0 Å². The molecular weight excluding hydrogens is 398 g/mol. The Morgan fingerprint density at radius 1 is 1.33 bits per heavy atom. The van der Waals surface area contributed by atoms with Crippen LogP contribution in [0, 0.1) is 6.92 Å². The summed E-state index contributed by atoms with van der Waals surface area (Å²) in [5.41, 5.74) is 3.42. The van der Waals surface area contributed by atoms with Crippen molar-refractivity contribution in [2.45, 2.75) is 18.9 Å². The van der Waals surface area contributed by atoms with Crippen LogP contribution in [0.3, 0.4) is 0 Å². The number of methoxy groups -OCH3 is 1. The fourth-order valence-electron chi connectivity index (χ4n) is 4.30. The summed E-state index contributed by atoms with van der Waals surface area (Å²) in [5, 5.41) is 5.38. The molecule has 30 heavy (non-hydrogen) atoms. The van der Waals surface area contributed by atoms with E-state index in [-0.39, 0.29) is 5.91 Å². The third-order valence-electron chi connectivity index (χ3n) is 5.85. The number of carbonyl (C=O) groups excluding carboxylic acids is 1. The maximum absolute atomic E-state index is 12.3. The van der Waals surface area contributed by atoms with Gasteiger partial charge in [0.15, 0.2) is 0 Å². The number of carbonyl (C=O) groups is 1. The number of amides is 1. The highest BCUT2D eigenvalue weighted by molar-refractivity contribution is 6.31. The van der Waals surface area contributed by atoms with E-state index in [4.69, 9.17) is 16.3 Å². The number of fused-ring (bicyclic) bond motifs is 1.